The monoisotopic (exact) mass is 326 g/mol. The number of nitrogens with one attached hydrogen (secondary N) is 1. The van der Waals surface area contributed by atoms with Crippen molar-refractivity contribution in [2.45, 2.75) is 38.3 Å². The molecule has 3 unspecified atom stereocenters. The van der Waals surface area contributed by atoms with Gasteiger partial charge in [-0.25, -0.2) is 0 Å². The minimum atomic E-state index is 0.145. The van der Waals surface area contributed by atoms with Crippen molar-refractivity contribution in [1.82, 2.24) is 5.32 Å². The molecule has 1 aliphatic carbocycles. The second-order valence-corrected chi connectivity index (χ2v) is 6.31. The van der Waals surface area contributed by atoms with E-state index in [2.05, 4.69) is 46.4 Å². The molecule has 1 saturated carbocycles. The zero-order valence-corrected chi connectivity index (χ0v) is 13.0. The van der Waals surface area contributed by atoms with Gasteiger partial charge in [0.2, 0.25) is 0 Å². The Morgan fingerprint density at radius 3 is 2.89 bits per heavy atom. The van der Waals surface area contributed by atoms with Crippen molar-refractivity contribution >= 4 is 15.9 Å². The molecule has 1 aromatic carbocycles. The van der Waals surface area contributed by atoms with E-state index in [1.54, 1.807) is 0 Å². The number of aryl methyl sites for hydroxylation is 1. The maximum absolute atomic E-state index is 9.40. The van der Waals surface area contributed by atoms with Crippen LogP contribution in [-0.2, 0) is 0 Å². The summed E-state index contributed by atoms with van der Waals surface area (Å²) in [6.45, 7) is 2.92. The molecule has 3 nitrogen and oxygen atoms in total. The maximum atomic E-state index is 9.40. The van der Waals surface area contributed by atoms with Gasteiger partial charge in [0, 0.05) is 29.7 Å². The van der Waals surface area contributed by atoms with E-state index >= 15 is 0 Å². The van der Waals surface area contributed by atoms with E-state index < -0.39 is 0 Å². The molecule has 0 aromatic heterocycles. The number of nitrogens with two attached hydrogens (primary N) is 1. The average molecular weight is 327 g/mol. The predicted molar refractivity (Wildman–Crippen MR) is 82.0 cm³/mol. The van der Waals surface area contributed by atoms with Crippen LogP contribution in [0.4, 0.5) is 0 Å². The molecule has 0 radical (unpaired) electrons. The van der Waals surface area contributed by atoms with Crippen LogP contribution in [-0.4, -0.2) is 24.3 Å². The molecule has 4 N–H and O–H groups in total. The van der Waals surface area contributed by atoms with Crippen LogP contribution in [0.5, 0.6) is 0 Å². The summed E-state index contributed by atoms with van der Waals surface area (Å²) in [5.74, 6) is 0.373. The van der Waals surface area contributed by atoms with Gasteiger partial charge in [-0.05, 0) is 42.9 Å². The average Bonchev–Trinajstić information content (AvgIpc) is 2.84. The van der Waals surface area contributed by atoms with E-state index in [1.165, 1.54) is 17.5 Å². The van der Waals surface area contributed by atoms with E-state index in [4.69, 9.17) is 5.73 Å². The van der Waals surface area contributed by atoms with Crippen LogP contribution in [0, 0.1) is 12.8 Å². The number of hydrogen-bond acceptors (Lipinski definition) is 3. The Morgan fingerprint density at radius 1 is 1.47 bits per heavy atom. The molecule has 1 aromatic rings. The van der Waals surface area contributed by atoms with E-state index in [1.807, 2.05) is 0 Å². The summed E-state index contributed by atoms with van der Waals surface area (Å²) in [7, 11) is 0. The van der Waals surface area contributed by atoms with Gasteiger partial charge in [-0.3, -0.25) is 0 Å². The van der Waals surface area contributed by atoms with Crippen LogP contribution < -0.4 is 11.1 Å². The minimum absolute atomic E-state index is 0.145. The maximum Gasteiger partial charge on any atom is 0.0474 e. The summed E-state index contributed by atoms with van der Waals surface area (Å²) < 4.78 is 1.11. The van der Waals surface area contributed by atoms with Crippen molar-refractivity contribution in [1.29, 1.82) is 0 Å². The Hall–Kier alpha value is -0.420. The first-order chi connectivity index (χ1) is 9.15. The molecule has 0 bridgehead atoms. The fourth-order valence-electron chi connectivity index (χ4n) is 2.93. The van der Waals surface area contributed by atoms with Crippen molar-refractivity contribution in [3.05, 3.63) is 33.8 Å². The second-order valence-electron chi connectivity index (χ2n) is 5.46. The number of hydrogen-bond donors (Lipinski definition) is 3. The zero-order valence-electron chi connectivity index (χ0n) is 11.4. The third-order valence-electron chi connectivity index (χ3n) is 4.08. The summed E-state index contributed by atoms with van der Waals surface area (Å²) in [5.41, 5.74) is 8.37. The first-order valence-corrected chi connectivity index (χ1v) is 7.78. The number of rotatable bonds is 5. The summed E-state index contributed by atoms with van der Waals surface area (Å²) in [4.78, 5) is 0. The highest BCUT2D eigenvalue weighted by molar-refractivity contribution is 9.10. The quantitative estimate of drug-likeness (QED) is 0.779. The molecule has 2 rings (SSSR count). The van der Waals surface area contributed by atoms with Gasteiger partial charge in [0.1, 0.15) is 0 Å². The van der Waals surface area contributed by atoms with Crippen molar-refractivity contribution in [3.63, 3.8) is 0 Å². The molecule has 19 heavy (non-hydrogen) atoms. The predicted octanol–water partition coefficient (Wildman–Crippen LogP) is 2.51. The van der Waals surface area contributed by atoms with Gasteiger partial charge in [-0.1, -0.05) is 34.5 Å². The molecular formula is C15H23BrN2O. The highest BCUT2D eigenvalue weighted by atomic mass is 79.9. The largest absolute Gasteiger partial charge is 0.396 e. The van der Waals surface area contributed by atoms with E-state index in [0.717, 1.165) is 17.3 Å². The third-order valence-corrected chi connectivity index (χ3v) is 4.76. The first-order valence-electron chi connectivity index (χ1n) is 6.98. The lowest BCUT2D eigenvalue weighted by Gasteiger charge is -2.26. The first kappa shape index (κ1) is 15.0. The van der Waals surface area contributed by atoms with Crippen LogP contribution in [0.25, 0.3) is 0 Å². The van der Waals surface area contributed by atoms with Crippen LogP contribution >= 0.6 is 15.9 Å². The normalized spacial score (nSPS) is 24.6. The van der Waals surface area contributed by atoms with Gasteiger partial charge in [0.05, 0.1) is 0 Å². The Bertz CT molecular complexity index is 425. The summed E-state index contributed by atoms with van der Waals surface area (Å²) >= 11 is 3.63. The van der Waals surface area contributed by atoms with Crippen LogP contribution in [0.1, 0.15) is 36.4 Å². The fourth-order valence-corrected chi connectivity index (χ4v) is 3.70. The van der Waals surface area contributed by atoms with Gasteiger partial charge in [-0.2, -0.15) is 0 Å². The summed E-state index contributed by atoms with van der Waals surface area (Å²) in [6, 6.07) is 6.90. The Balaban J connectivity index is 2.11. The van der Waals surface area contributed by atoms with Crippen molar-refractivity contribution in [3.8, 4) is 0 Å². The lowest BCUT2D eigenvalue weighted by Crippen LogP contribution is -2.40. The molecule has 0 heterocycles. The molecule has 106 valence electrons. The van der Waals surface area contributed by atoms with Gasteiger partial charge in [-0.15, -0.1) is 0 Å². The van der Waals surface area contributed by atoms with Crippen molar-refractivity contribution in [2.75, 3.05) is 13.2 Å². The van der Waals surface area contributed by atoms with E-state index in [-0.39, 0.29) is 12.6 Å². The molecule has 1 fully saturated rings. The van der Waals surface area contributed by atoms with Gasteiger partial charge in [0.15, 0.2) is 0 Å². The highest BCUT2D eigenvalue weighted by Gasteiger charge is 2.28. The lowest BCUT2D eigenvalue weighted by molar-refractivity contribution is 0.199. The van der Waals surface area contributed by atoms with Crippen LogP contribution in [0.15, 0.2) is 22.7 Å². The molecule has 3 atom stereocenters. The Labute approximate surface area is 123 Å². The van der Waals surface area contributed by atoms with Gasteiger partial charge < -0.3 is 16.2 Å². The number of aliphatic hydroxyl groups excluding tert-OH is 1. The number of aliphatic hydroxyl groups is 1. The molecular weight excluding hydrogens is 304 g/mol. The highest BCUT2D eigenvalue weighted by Crippen LogP contribution is 2.30. The molecule has 1 aliphatic rings. The minimum Gasteiger partial charge on any atom is -0.396 e. The molecule has 0 saturated heterocycles. The van der Waals surface area contributed by atoms with Crippen molar-refractivity contribution in [2.24, 2.45) is 11.7 Å². The SMILES string of the molecule is Cc1ccc(C(CN)NC2CCCC2CO)c(Br)c1. The fraction of sp³-hybridized carbons (Fsp3) is 0.600. The van der Waals surface area contributed by atoms with Crippen LogP contribution in [0.3, 0.4) is 0 Å². The zero-order chi connectivity index (χ0) is 13.8. The smallest absolute Gasteiger partial charge is 0.0474 e. The number of halogens is 1. The Kier molecular flexibility index (Phi) is 5.39. The van der Waals surface area contributed by atoms with Gasteiger partial charge >= 0.3 is 0 Å². The third kappa shape index (κ3) is 3.57. The van der Waals surface area contributed by atoms with Gasteiger partial charge in [0.25, 0.3) is 0 Å². The molecule has 0 spiro atoms. The van der Waals surface area contributed by atoms with E-state index in [9.17, 15) is 5.11 Å². The van der Waals surface area contributed by atoms with Crippen LogP contribution in [0.2, 0.25) is 0 Å². The van der Waals surface area contributed by atoms with Crippen molar-refractivity contribution < 1.29 is 5.11 Å². The number of benzene rings is 1. The topological polar surface area (TPSA) is 58.3 Å². The summed E-state index contributed by atoms with van der Waals surface area (Å²) in [6.07, 6.45) is 3.43. The lowest BCUT2D eigenvalue weighted by atomic mass is 10.0. The Morgan fingerprint density at radius 2 is 2.26 bits per heavy atom. The second kappa shape index (κ2) is 6.84. The standard InChI is InChI=1S/C15H23BrN2O/c1-10-5-6-12(13(16)7-10)15(8-17)18-14-4-2-3-11(14)9-19/h5-7,11,14-15,18-19H,2-4,8-9,17H2,1H3. The molecule has 4 heteroatoms. The van der Waals surface area contributed by atoms with E-state index in [0.29, 0.717) is 18.5 Å². The summed E-state index contributed by atoms with van der Waals surface area (Å²) in [5, 5.41) is 13.0. The molecule has 0 amide bonds. The molecule has 0 aliphatic heterocycles.